The molecule has 0 saturated carbocycles. The summed E-state index contributed by atoms with van der Waals surface area (Å²) in [6, 6.07) is 17.2. The van der Waals surface area contributed by atoms with Crippen molar-refractivity contribution >= 4 is 18.6 Å². The molecule has 1 aromatic heterocycles. The third-order valence-electron chi connectivity index (χ3n) is 3.57. The Morgan fingerprint density at radius 3 is 2.55 bits per heavy atom. The van der Waals surface area contributed by atoms with Crippen LogP contribution in [0.5, 0.6) is 0 Å². The first kappa shape index (κ1) is 12.8. The molecule has 20 heavy (non-hydrogen) atoms. The van der Waals surface area contributed by atoms with Gasteiger partial charge in [0.1, 0.15) is 0 Å². The minimum absolute atomic E-state index is 0.750. The van der Waals surface area contributed by atoms with Crippen LogP contribution in [0, 0.1) is 0 Å². The quantitative estimate of drug-likeness (QED) is 0.477. The smallest absolute Gasteiger partial charge is 0.430 e. The Labute approximate surface area is 117 Å². The fourth-order valence-corrected chi connectivity index (χ4v) is 2.78. The van der Waals surface area contributed by atoms with Crippen molar-refractivity contribution in [2.24, 2.45) is 0 Å². The maximum absolute atomic E-state index is 7.12. The van der Waals surface area contributed by atoms with E-state index in [4.69, 9.17) is 10.0 Å². The van der Waals surface area contributed by atoms with E-state index in [1.54, 1.807) is 0 Å². The maximum atomic E-state index is 7.12. The molecule has 0 bridgehead atoms. The summed E-state index contributed by atoms with van der Waals surface area (Å²) in [5, 5.41) is 15.5. The molecule has 3 nitrogen and oxygen atoms in total. The molecule has 0 spiro atoms. The summed E-state index contributed by atoms with van der Waals surface area (Å²) in [5.74, 6) is 0. The van der Waals surface area contributed by atoms with Gasteiger partial charge in [-0.25, -0.2) is 0 Å². The molecule has 0 radical (unpaired) electrons. The Kier molecular flexibility index (Phi) is 3.50. The third-order valence-corrected chi connectivity index (χ3v) is 3.57. The average Bonchev–Trinajstić information content (AvgIpc) is 2.87. The lowest BCUT2D eigenvalue weighted by molar-refractivity contribution is 0.448. The van der Waals surface area contributed by atoms with Crippen LogP contribution in [0.1, 0.15) is 11.1 Å². The molecule has 1 aliphatic carbocycles. The zero-order chi connectivity index (χ0) is 13.9. The van der Waals surface area contributed by atoms with Gasteiger partial charge in [0.2, 0.25) is 0 Å². The van der Waals surface area contributed by atoms with Crippen molar-refractivity contribution in [3.63, 3.8) is 0 Å². The highest BCUT2D eigenvalue weighted by Crippen LogP contribution is 2.39. The standard InChI is InChI=1S/C16H11N.BH3O2/c1-2-5-12-11(4-1)10-15-13(12)7-8-16-14(15)6-3-9-17-16;2-1-3/h1-9H,10H2;1-3H. The predicted octanol–water partition coefficient (Wildman–Crippen LogP) is 2.04. The number of pyridine rings is 1. The Morgan fingerprint density at radius 2 is 1.70 bits per heavy atom. The summed E-state index contributed by atoms with van der Waals surface area (Å²) in [5.41, 5.74) is 6.71. The average molecular weight is 263 g/mol. The van der Waals surface area contributed by atoms with Crippen LogP contribution in [0.4, 0.5) is 0 Å². The fraction of sp³-hybridized carbons (Fsp3) is 0.0625. The van der Waals surface area contributed by atoms with E-state index in [0.717, 1.165) is 11.9 Å². The summed E-state index contributed by atoms with van der Waals surface area (Å²) >= 11 is 0. The molecule has 98 valence electrons. The van der Waals surface area contributed by atoms with Gasteiger partial charge in [-0.3, -0.25) is 4.98 Å². The minimum Gasteiger partial charge on any atom is -0.430 e. The van der Waals surface area contributed by atoms with Gasteiger partial charge in [-0.15, -0.1) is 0 Å². The highest BCUT2D eigenvalue weighted by atomic mass is 16.4. The lowest BCUT2D eigenvalue weighted by Crippen LogP contribution is -1.85. The molecule has 0 aliphatic heterocycles. The van der Waals surface area contributed by atoms with Gasteiger partial charge < -0.3 is 10.0 Å². The van der Waals surface area contributed by atoms with E-state index in [-0.39, 0.29) is 0 Å². The second-order valence-electron chi connectivity index (χ2n) is 4.64. The van der Waals surface area contributed by atoms with Crippen molar-refractivity contribution in [3.05, 3.63) is 65.9 Å². The van der Waals surface area contributed by atoms with E-state index in [1.165, 1.54) is 27.6 Å². The van der Waals surface area contributed by atoms with Crippen LogP contribution in [-0.4, -0.2) is 22.7 Å². The number of benzene rings is 2. The summed E-state index contributed by atoms with van der Waals surface area (Å²) in [7, 11) is -0.750. The van der Waals surface area contributed by atoms with E-state index < -0.39 is 7.69 Å². The van der Waals surface area contributed by atoms with E-state index in [2.05, 4.69) is 47.4 Å². The summed E-state index contributed by atoms with van der Waals surface area (Å²) in [6.07, 6.45) is 2.89. The number of hydrogen-bond donors (Lipinski definition) is 2. The first-order valence-corrected chi connectivity index (χ1v) is 6.51. The second-order valence-corrected chi connectivity index (χ2v) is 4.64. The molecule has 0 unspecified atom stereocenters. The van der Waals surface area contributed by atoms with Crippen LogP contribution in [-0.2, 0) is 6.42 Å². The number of nitrogens with zero attached hydrogens (tertiary/aromatic N) is 1. The van der Waals surface area contributed by atoms with Crippen LogP contribution in [0.15, 0.2) is 54.7 Å². The number of rotatable bonds is 0. The molecule has 0 amide bonds. The Hall–Kier alpha value is -2.17. The van der Waals surface area contributed by atoms with Crippen LogP contribution in [0.25, 0.3) is 22.0 Å². The predicted molar refractivity (Wildman–Crippen MR) is 81.6 cm³/mol. The molecule has 0 fully saturated rings. The van der Waals surface area contributed by atoms with Gasteiger partial charge in [-0.2, -0.15) is 0 Å². The van der Waals surface area contributed by atoms with Gasteiger partial charge in [0.25, 0.3) is 0 Å². The van der Waals surface area contributed by atoms with Gasteiger partial charge in [0.05, 0.1) is 5.52 Å². The lowest BCUT2D eigenvalue weighted by atomic mass is 10.0. The molecule has 0 atom stereocenters. The Balaban J connectivity index is 0.000000373. The molecule has 1 aliphatic rings. The molecule has 2 N–H and O–H groups in total. The van der Waals surface area contributed by atoms with Gasteiger partial charge in [-0.1, -0.05) is 36.4 Å². The highest BCUT2D eigenvalue weighted by Gasteiger charge is 2.19. The monoisotopic (exact) mass is 263 g/mol. The van der Waals surface area contributed by atoms with Crippen molar-refractivity contribution in [2.45, 2.75) is 6.42 Å². The van der Waals surface area contributed by atoms with Crippen molar-refractivity contribution in [1.29, 1.82) is 0 Å². The van der Waals surface area contributed by atoms with Crippen molar-refractivity contribution in [2.75, 3.05) is 0 Å². The van der Waals surface area contributed by atoms with Crippen LogP contribution >= 0.6 is 0 Å². The minimum atomic E-state index is -0.750. The summed E-state index contributed by atoms with van der Waals surface area (Å²) < 4.78 is 0. The van der Waals surface area contributed by atoms with E-state index in [0.29, 0.717) is 0 Å². The Bertz CT molecular complexity index is 758. The first-order chi connectivity index (χ1) is 9.85. The molecular formula is C16H14BNO2. The molecule has 4 rings (SSSR count). The molecule has 1 heterocycles. The van der Waals surface area contributed by atoms with Crippen molar-refractivity contribution in [1.82, 2.24) is 4.98 Å². The van der Waals surface area contributed by atoms with Crippen molar-refractivity contribution < 1.29 is 10.0 Å². The SMILES string of the molecule is OBO.c1ccc2c(c1)Cc1c-2ccc2ncccc12. The summed E-state index contributed by atoms with van der Waals surface area (Å²) in [6.45, 7) is 0. The molecule has 4 heteroatoms. The number of fused-ring (bicyclic) bond motifs is 5. The highest BCUT2D eigenvalue weighted by molar-refractivity contribution is 6.13. The number of hydrogen-bond acceptors (Lipinski definition) is 3. The third kappa shape index (κ3) is 2.09. The normalized spacial score (nSPS) is 11.3. The zero-order valence-electron chi connectivity index (χ0n) is 11.0. The van der Waals surface area contributed by atoms with Crippen LogP contribution in [0.3, 0.4) is 0 Å². The van der Waals surface area contributed by atoms with E-state index in [9.17, 15) is 0 Å². The molecular weight excluding hydrogens is 249 g/mol. The number of aromatic nitrogens is 1. The summed E-state index contributed by atoms with van der Waals surface area (Å²) in [4.78, 5) is 4.42. The molecule has 2 aromatic carbocycles. The molecule has 0 saturated heterocycles. The van der Waals surface area contributed by atoms with Gasteiger partial charge in [-0.05, 0) is 40.8 Å². The van der Waals surface area contributed by atoms with Crippen LogP contribution in [0.2, 0.25) is 0 Å². The van der Waals surface area contributed by atoms with Gasteiger partial charge in [0.15, 0.2) is 0 Å². The van der Waals surface area contributed by atoms with Crippen molar-refractivity contribution in [3.8, 4) is 11.1 Å². The first-order valence-electron chi connectivity index (χ1n) is 6.51. The van der Waals surface area contributed by atoms with E-state index >= 15 is 0 Å². The topological polar surface area (TPSA) is 53.4 Å². The van der Waals surface area contributed by atoms with E-state index in [1.807, 2.05) is 12.3 Å². The molecule has 3 aromatic rings. The Morgan fingerprint density at radius 1 is 0.900 bits per heavy atom. The van der Waals surface area contributed by atoms with Gasteiger partial charge in [0, 0.05) is 11.6 Å². The maximum Gasteiger partial charge on any atom is 0.432 e. The van der Waals surface area contributed by atoms with Crippen LogP contribution < -0.4 is 0 Å². The zero-order valence-corrected chi connectivity index (χ0v) is 11.0. The lowest BCUT2D eigenvalue weighted by Gasteiger charge is -2.04. The van der Waals surface area contributed by atoms with Gasteiger partial charge >= 0.3 is 7.69 Å². The fourth-order valence-electron chi connectivity index (χ4n) is 2.78. The largest absolute Gasteiger partial charge is 0.432 e. The second kappa shape index (κ2) is 5.45.